The van der Waals surface area contributed by atoms with E-state index < -0.39 is 0 Å². The standard InChI is InChI=1S/C8H8N4/c1-3-6(2)12-8(5-10)7(11)4-9/h3H,1,11H2,2H3/b8-7-,12-6+. The summed E-state index contributed by atoms with van der Waals surface area (Å²) >= 11 is 0. The van der Waals surface area contributed by atoms with Crippen LogP contribution in [0, 0.1) is 22.7 Å². The van der Waals surface area contributed by atoms with Crippen LogP contribution in [0.4, 0.5) is 0 Å². The zero-order chi connectivity index (χ0) is 9.56. The van der Waals surface area contributed by atoms with Crippen LogP contribution in [0.15, 0.2) is 29.0 Å². The van der Waals surface area contributed by atoms with E-state index in [0.29, 0.717) is 5.71 Å². The van der Waals surface area contributed by atoms with Crippen LogP contribution in [0.1, 0.15) is 6.92 Å². The van der Waals surface area contributed by atoms with Crippen LogP contribution in [0.3, 0.4) is 0 Å². The Kier molecular flexibility index (Phi) is 3.89. The van der Waals surface area contributed by atoms with E-state index in [9.17, 15) is 0 Å². The van der Waals surface area contributed by atoms with E-state index in [1.807, 2.05) is 0 Å². The molecule has 12 heavy (non-hydrogen) atoms. The molecule has 0 amide bonds. The fourth-order valence-electron chi connectivity index (χ4n) is 0.420. The molecule has 0 unspecified atom stereocenters. The molecule has 0 saturated heterocycles. The first-order valence-electron chi connectivity index (χ1n) is 3.13. The van der Waals surface area contributed by atoms with Crippen molar-refractivity contribution in [3.8, 4) is 12.1 Å². The van der Waals surface area contributed by atoms with Crippen molar-refractivity contribution in [2.45, 2.75) is 6.92 Å². The summed E-state index contributed by atoms with van der Waals surface area (Å²) in [7, 11) is 0. The van der Waals surface area contributed by atoms with Gasteiger partial charge in [-0.1, -0.05) is 6.58 Å². The SMILES string of the molecule is C=C/C(C)=N/C(C#N)=C(\N)C#N. The van der Waals surface area contributed by atoms with Crippen LogP contribution in [0.2, 0.25) is 0 Å². The number of nitrogens with two attached hydrogens (primary N) is 1. The highest BCUT2D eigenvalue weighted by Gasteiger charge is 1.98. The summed E-state index contributed by atoms with van der Waals surface area (Å²) in [6.45, 7) is 5.11. The van der Waals surface area contributed by atoms with E-state index in [1.54, 1.807) is 19.1 Å². The molecule has 0 aliphatic rings. The monoisotopic (exact) mass is 160 g/mol. The van der Waals surface area contributed by atoms with Gasteiger partial charge in [-0.05, 0) is 13.0 Å². The number of allylic oxidation sites excluding steroid dienone is 3. The van der Waals surface area contributed by atoms with E-state index in [1.165, 1.54) is 6.08 Å². The van der Waals surface area contributed by atoms with Crippen molar-refractivity contribution in [2.24, 2.45) is 10.7 Å². The molecule has 0 atom stereocenters. The fourth-order valence-corrected chi connectivity index (χ4v) is 0.420. The molecule has 0 fully saturated rings. The molecule has 0 saturated carbocycles. The van der Waals surface area contributed by atoms with Gasteiger partial charge in [-0.25, -0.2) is 4.99 Å². The summed E-state index contributed by atoms with van der Waals surface area (Å²) in [6.07, 6.45) is 1.47. The second kappa shape index (κ2) is 4.70. The molecule has 2 N–H and O–H groups in total. The van der Waals surface area contributed by atoms with Crippen LogP contribution in [-0.4, -0.2) is 5.71 Å². The number of hydrogen-bond acceptors (Lipinski definition) is 4. The lowest BCUT2D eigenvalue weighted by Gasteiger charge is -1.91. The Labute approximate surface area is 70.9 Å². The lowest BCUT2D eigenvalue weighted by molar-refractivity contribution is 1.26. The van der Waals surface area contributed by atoms with E-state index in [4.69, 9.17) is 16.3 Å². The van der Waals surface area contributed by atoms with Crippen molar-refractivity contribution in [1.29, 1.82) is 10.5 Å². The van der Waals surface area contributed by atoms with Gasteiger partial charge < -0.3 is 5.73 Å². The van der Waals surface area contributed by atoms with Gasteiger partial charge in [-0.3, -0.25) is 0 Å². The lowest BCUT2D eigenvalue weighted by atomic mass is 10.3. The molecule has 0 heterocycles. The quantitative estimate of drug-likeness (QED) is 0.480. The minimum Gasteiger partial charge on any atom is -0.388 e. The molecule has 4 nitrogen and oxygen atoms in total. The molecule has 0 aromatic carbocycles. The van der Waals surface area contributed by atoms with Crippen molar-refractivity contribution in [3.63, 3.8) is 0 Å². The smallest absolute Gasteiger partial charge is 0.174 e. The van der Waals surface area contributed by atoms with Crippen LogP contribution in [0.5, 0.6) is 0 Å². The van der Waals surface area contributed by atoms with E-state index >= 15 is 0 Å². The summed E-state index contributed by atoms with van der Waals surface area (Å²) < 4.78 is 0. The summed E-state index contributed by atoms with van der Waals surface area (Å²) in [6, 6.07) is 3.35. The molecule has 0 rings (SSSR count). The number of rotatable bonds is 2. The maximum absolute atomic E-state index is 8.49. The maximum Gasteiger partial charge on any atom is 0.174 e. The van der Waals surface area contributed by atoms with Gasteiger partial charge in [0.25, 0.3) is 0 Å². The van der Waals surface area contributed by atoms with Crippen LogP contribution in [-0.2, 0) is 0 Å². The number of nitriles is 2. The number of hydrogen-bond donors (Lipinski definition) is 1. The average molecular weight is 160 g/mol. The lowest BCUT2D eigenvalue weighted by Crippen LogP contribution is -1.98. The molecule has 0 aromatic heterocycles. The van der Waals surface area contributed by atoms with Crippen molar-refractivity contribution in [2.75, 3.05) is 0 Å². The van der Waals surface area contributed by atoms with Gasteiger partial charge in [0.15, 0.2) is 5.70 Å². The molecular formula is C8H8N4. The largest absolute Gasteiger partial charge is 0.388 e. The predicted octanol–water partition coefficient (Wildman–Crippen LogP) is 0.851. The van der Waals surface area contributed by atoms with Crippen LogP contribution in [0.25, 0.3) is 0 Å². The Morgan fingerprint density at radius 1 is 1.50 bits per heavy atom. The van der Waals surface area contributed by atoms with Crippen molar-refractivity contribution in [1.82, 2.24) is 0 Å². The summed E-state index contributed by atoms with van der Waals surface area (Å²) in [5.74, 6) is 0. The van der Waals surface area contributed by atoms with Gasteiger partial charge in [0.2, 0.25) is 0 Å². The molecular weight excluding hydrogens is 152 g/mol. The zero-order valence-corrected chi connectivity index (χ0v) is 6.70. The molecule has 0 spiro atoms. The highest BCUT2D eigenvalue weighted by Crippen LogP contribution is 1.99. The third-order valence-corrected chi connectivity index (χ3v) is 1.07. The van der Waals surface area contributed by atoms with Crippen LogP contribution >= 0.6 is 0 Å². The molecule has 0 aliphatic heterocycles. The number of aliphatic imine (C=N–C) groups is 1. The summed E-state index contributed by atoms with van der Waals surface area (Å²) in [4.78, 5) is 3.75. The van der Waals surface area contributed by atoms with Crippen molar-refractivity contribution in [3.05, 3.63) is 24.0 Å². The molecule has 0 bridgehead atoms. The first-order valence-corrected chi connectivity index (χ1v) is 3.13. The van der Waals surface area contributed by atoms with Crippen molar-refractivity contribution < 1.29 is 0 Å². The first kappa shape index (κ1) is 9.93. The zero-order valence-electron chi connectivity index (χ0n) is 6.70. The van der Waals surface area contributed by atoms with Gasteiger partial charge >= 0.3 is 0 Å². The molecule has 0 aliphatic carbocycles. The molecule has 60 valence electrons. The normalized spacial score (nSPS) is 12.4. The van der Waals surface area contributed by atoms with Gasteiger partial charge in [-0.15, -0.1) is 0 Å². The Hall–Kier alpha value is -2.07. The Morgan fingerprint density at radius 2 is 2.08 bits per heavy atom. The first-order chi connectivity index (χ1) is 5.65. The fraction of sp³-hybridized carbons (Fsp3) is 0.125. The average Bonchev–Trinajstić information content (AvgIpc) is 2.12. The Morgan fingerprint density at radius 3 is 2.42 bits per heavy atom. The maximum atomic E-state index is 8.49. The number of nitrogens with zero attached hydrogens (tertiary/aromatic N) is 3. The predicted molar refractivity (Wildman–Crippen MR) is 45.7 cm³/mol. The highest BCUT2D eigenvalue weighted by molar-refractivity contribution is 5.93. The Balaban J connectivity index is 5.02. The van der Waals surface area contributed by atoms with Gasteiger partial charge in [0.1, 0.15) is 17.8 Å². The van der Waals surface area contributed by atoms with E-state index in [2.05, 4.69) is 11.6 Å². The molecule has 0 aromatic rings. The topological polar surface area (TPSA) is 86.0 Å². The molecule has 4 heteroatoms. The second-order valence-corrected chi connectivity index (χ2v) is 1.94. The Bertz CT molecular complexity index is 322. The minimum absolute atomic E-state index is 0.0742. The third-order valence-electron chi connectivity index (χ3n) is 1.07. The van der Waals surface area contributed by atoms with Crippen LogP contribution < -0.4 is 5.73 Å². The van der Waals surface area contributed by atoms with E-state index in [-0.39, 0.29) is 11.4 Å². The van der Waals surface area contributed by atoms with Gasteiger partial charge in [0, 0.05) is 5.71 Å². The second-order valence-electron chi connectivity index (χ2n) is 1.94. The van der Waals surface area contributed by atoms with Crippen molar-refractivity contribution >= 4 is 5.71 Å². The van der Waals surface area contributed by atoms with Gasteiger partial charge in [-0.2, -0.15) is 10.5 Å². The summed E-state index contributed by atoms with van der Waals surface area (Å²) in [5, 5.41) is 16.8. The minimum atomic E-state index is -0.182. The van der Waals surface area contributed by atoms with Gasteiger partial charge in [0.05, 0.1) is 0 Å². The van der Waals surface area contributed by atoms with E-state index in [0.717, 1.165) is 0 Å². The summed E-state index contributed by atoms with van der Waals surface area (Å²) in [5.41, 5.74) is 5.48. The highest BCUT2D eigenvalue weighted by atomic mass is 14.8. The molecule has 0 radical (unpaired) electrons. The third kappa shape index (κ3) is 2.68.